The molecule has 2 N–H and O–H groups in total. The number of aliphatic hydroxyl groups excluding tert-OH is 1. The first-order valence-corrected chi connectivity index (χ1v) is 4.26. The van der Waals surface area contributed by atoms with Crippen LogP contribution in [0.2, 0.25) is 0 Å². The fourth-order valence-electron chi connectivity index (χ4n) is 0.995. The van der Waals surface area contributed by atoms with Gasteiger partial charge in [0.05, 0.1) is 11.0 Å². The van der Waals surface area contributed by atoms with Crippen molar-refractivity contribution in [3.63, 3.8) is 0 Å². The molecule has 1 aromatic rings. The molecule has 0 saturated carbocycles. The summed E-state index contributed by atoms with van der Waals surface area (Å²) in [5.41, 5.74) is 0.681. The van der Waals surface area contributed by atoms with Crippen molar-refractivity contribution in [3.05, 3.63) is 34.4 Å². The van der Waals surface area contributed by atoms with E-state index in [1.807, 2.05) is 0 Å². The summed E-state index contributed by atoms with van der Waals surface area (Å²) in [6.07, 6.45) is -0.478. The average Bonchev–Trinajstić information content (AvgIpc) is 2.15. The second-order valence-corrected chi connectivity index (χ2v) is 3.04. The lowest BCUT2D eigenvalue weighted by atomic mass is 10.2. The van der Waals surface area contributed by atoms with Gasteiger partial charge in [0.1, 0.15) is 0 Å². The minimum Gasteiger partial charge on any atom is -0.392 e. The Morgan fingerprint density at radius 1 is 1.64 bits per heavy atom. The van der Waals surface area contributed by atoms with E-state index in [1.54, 1.807) is 19.1 Å². The van der Waals surface area contributed by atoms with Gasteiger partial charge in [-0.2, -0.15) is 0 Å². The molecule has 5 nitrogen and oxygen atoms in total. The van der Waals surface area contributed by atoms with Crippen LogP contribution in [0.5, 0.6) is 0 Å². The highest BCUT2D eigenvalue weighted by Gasteiger charge is 2.05. The van der Waals surface area contributed by atoms with Crippen molar-refractivity contribution >= 4 is 11.4 Å². The first-order valence-electron chi connectivity index (χ1n) is 4.26. The number of hydrogen-bond acceptors (Lipinski definition) is 4. The molecule has 5 heteroatoms. The molecule has 14 heavy (non-hydrogen) atoms. The number of aliphatic hydroxyl groups is 1. The highest BCUT2D eigenvalue weighted by Crippen LogP contribution is 2.16. The van der Waals surface area contributed by atoms with Gasteiger partial charge >= 0.3 is 0 Å². The van der Waals surface area contributed by atoms with Gasteiger partial charge < -0.3 is 10.4 Å². The van der Waals surface area contributed by atoms with Crippen LogP contribution in [0.1, 0.15) is 6.92 Å². The Bertz CT molecular complexity index is 326. The van der Waals surface area contributed by atoms with Crippen molar-refractivity contribution in [3.8, 4) is 0 Å². The van der Waals surface area contributed by atoms with Crippen LogP contribution < -0.4 is 5.32 Å². The topological polar surface area (TPSA) is 75.4 Å². The number of nitrogens with zero attached hydrogens (tertiary/aromatic N) is 1. The maximum atomic E-state index is 10.4. The average molecular weight is 196 g/mol. The van der Waals surface area contributed by atoms with Gasteiger partial charge in [-0.05, 0) is 13.0 Å². The standard InChI is InChI=1S/C9H12N2O3/c1-7(12)6-10-8-3-2-4-9(5-8)11(13)14/h2-5,7,10,12H,6H2,1H3/t7-/m0/s1. The predicted octanol–water partition coefficient (Wildman–Crippen LogP) is 1.39. The lowest BCUT2D eigenvalue weighted by Crippen LogP contribution is -2.15. The molecule has 0 heterocycles. The third-order valence-electron chi connectivity index (χ3n) is 1.66. The molecule has 0 aliphatic carbocycles. The maximum absolute atomic E-state index is 10.4. The van der Waals surface area contributed by atoms with E-state index in [-0.39, 0.29) is 5.69 Å². The summed E-state index contributed by atoms with van der Waals surface area (Å²) >= 11 is 0. The van der Waals surface area contributed by atoms with Crippen LogP contribution in [-0.4, -0.2) is 22.7 Å². The van der Waals surface area contributed by atoms with Gasteiger partial charge in [-0.1, -0.05) is 6.07 Å². The number of nitrogens with one attached hydrogen (secondary N) is 1. The summed E-state index contributed by atoms with van der Waals surface area (Å²) in [7, 11) is 0. The van der Waals surface area contributed by atoms with E-state index in [2.05, 4.69) is 5.32 Å². The number of anilines is 1. The molecule has 76 valence electrons. The Morgan fingerprint density at radius 3 is 2.93 bits per heavy atom. The first-order chi connectivity index (χ1) is 6.59. The summed E-state index contributed by atoms with van der Waals surface area (Å²) in [6.45, 7) is 2.02. The third kappa shape index (κ3) is 3.02. The minimum absolute atomic E-state index is 0.0422. The molecule has 0 bridgehead atoms. The van der Waals surface area contributed by atoms with Crippen LogP contribution >= 0.6 is 0 Å². The fraction of sp³-hybridized carbons (Fsp3) is 0.333. The van der Waals surface area contributed by atoms with E-state index < -0.39 is 11.0 Å². The van der Waals surface area contributed by atoms with Crippen LogP contribution in [0.25, 0.3) is 0 Å². The van der Waals surface area contributed by atoms with Gasteiger partial charge in [0.2, 0.25) is 0 Å². The summed E-state index contributed by atoms with van der Waals surface area (Å²) in [6, 6.07) is 6.17. The monoisotopic (exact) mass is 196 g/mol. The van der Waals surface area contributed by atoms with Gasteiger partial charge in [-0.3, -0.25) is 10.1 Å². The Morgan fingerprint density at radius 2 is 2.36 bits per heavy atom. The smallest absolute Gasteiger partial charge is 0.271 e. The largest absolute Gasteiger partial charge is 0.392 e. The summed E-state index contributed by atoms with van der Waals surface area (Å²) in [5, 5.41) is 22.3. The Kier molecular flexibility index (Phi) is 3.41. The second-order valence-electron chi connectivity index (χ2n) is 3.04. The maximum Gasteiger partial charge on any atom is 0.271 e. The van der Waals surface area contributed by atoms with E-state index in [0.717, 1.165) is 0 Å². The zero-order valence-corrected chi connectivity index (χ0v) is 7.80. The molecule has 0 spiro atoms. The molecule has 0 fully saturated rings. The van der Waals surface area contributed by atoms with Gasteiger partial charge in [-0.15, -0.1) is 0 Å². The molecule has 0 aliphatic heterocycles. The zero-order valence-electron chi connectivity index (χ0n) is 7.80. The number of nitro groups is 1. The van der Waals surface area contributed by atoms with Crippen LogP contribution in [-0.2, 0) is 0 Å². The fourth-order valence-corrected chi connectivity index (χ4v) is 0.995. The molecule has 0 unspecified atom stereocenters. The van der Waals surface area contributed by atoms with Crippen LogP contribution in [0.15, 0.2) is 24.3 Å². The molecule has 1 rings (SSSR count). The predicted molar refractivity (Wildman–Crippen MR) is 53.3 cm³/mol. The van der Waals surface area contributed by atoms with Crippen molar-refractivity contribution in [2.24, 2.45) is 0 Å². The van der Waals surface area contributed by atoms with Crippen LogP contribution in [0, 0.1) is 10.1 Å². The normalized spacial score (nSPS) is 12.1. The van der Waals surface area contributed by atoms with E-state index in [1.165, 1.54) is 12.1 Å². The summed E-state index contributed by atoms with van der Waals surface area (Å²) in [4.78, 5) is 9.97. The van der Waals surface area contributed by atoms with Crippen molar-refractivity contribution in [2.75, 3.05) is 11.9 Å². The van der Waals surface area contributed by atoms with Gasteiger partial charge in [0.15, 0.2) is 0 Å². The molecule has 0 amide bonds. The molecule has 1 aromatic carbocycles. The van der Waals surface area contributed by atoms with Crippen molar-refractivity contribution in [1.82, 2.24) is 0 Å². The molecule has 0 aliphatic rings. The SMILES string of the molecule is C[C@H](O)CNc1cccc([N+](=O)[O-])c1. The highest BCUT2D eigenvalue weighted by molar-refractivity contribution is 5.50. The van der Waals surface area contributed by atoms with Gasteiger partial charge in [0, 0.05) is 24.4 Å². The summed E-state index contributed by atoms with van der Waals surface area (Å²) in [5.74, 6) is 0. The van der Waals surface area contributed by atoms with E-state index in [4.69, 9.17) is 5.11 Å². The number of benzene rings is 1. The minimum atomic E-state index is -0.478. The molecular weight excluding hydrogens is 184 g/mol. The van der Waals surface area contributed by atoms with Crippen molar-refractivity contribution in [1.29, 1.82) is 0 Å². The number of hydrogen-bond donors (Lipinski definition) is 2. The first kappa shape index (κ1) is 10.5. The van der Waals surface area contributed by atoms with E-state index >= 15 is 0 Å². The van der Waals surface area contributed by atoms with Crippen molar-refractivity contribution in [2.45, 2.75) is 13.0 Å². The van der Waals surface area contributed by atoms with Crippen LogP contribution in [0.3, 0.4) is 0 Å². The molecule has 0 aromatic heterocycles. The zero-order chi connectivity index (χ0) is 10.6. The molecule has 0 radical (unpaired) electrons. The Hall–Kier alpha value is -1.62. The molecule has 0 saturated heterocycles. The van der Waals surface area contributed by atoms with Crippen molar-refractivity contribution < 1.29 is 10.0 Å². The van der Waals surface area contributed by atoms with E-state index in [9.17, 15) is 10.1 Å². The number of rotatable bonds is 4. The third-order valence-corrected chi connectivity index (χ3v) is 1.66. The second kappa shape index (κ2) is 4.57. The Balaban J connectivity index is 2.69. The van der Waals surface area contributed by atoms with Gasteiger partial charge in [0.25, 0.3) is 5.69 Å². The quantitative estimate of drug-likeness (QED) is 0.563. The van der Waals surface area contributed by atoms with E-state index in [0.29, 0.717) is 12.2 Å². The van der Waals surface area contributed by atoms with Crippen LogP contribution in [0.4, 0.5) is 11.4 Å². The molecule has 1 atom stereocenters. The lowest BCUT2D eigenvalue weighted by Gasteiger charge is -2.07. The Labute approximate surface area is 81.5 Å². The number of non-ortho nitro benzene ring substituents is 1. The van der Waals surface area contributed by atoms with Gasteiger partial charge in [-0.25, -0.2) is 0 Å². The lowest BCUT2D eigenvalue weighted by molar-refractivity contribution is -0.384. The molecular formula is C9H12N2O3. The number of nitro benzene ring substituents is 1. The summed E-state index contributed by atoms with van der Waals surface area (Å²) < 4.78 is 0. The highest BCUT2D eigenvalue weighted by atomic mass is 16.6.